The number of pyridine rings is 1. The topological polar surface area (TPSA) is 68.0 Å². The molecule has 5 heteroatoms. The van der Waals surface area contributed by atoms with E-state index in [0.717, 1.165) is 10.8 Å². The van der Waals surface area contributed by atoms with Crippen LogP contribution in [0.25, 0.3) is 16.6 Å². The molecule has 0 bridgehead atoms. The minimum Gasteiger partial charge on any atom is -0.477 e. The quantitative estimate of drug-likeness (QED) is 0.743. The van der Waals surface area contributed by atoms with Gasteiger partial charge in [-0.3, -0.25) is 0 Å². The molecule has 0 atom stereocenters. The van der Waals surface area contributed by atoms with E-state index in [0.29, 0.717) is 5.82 Å². The molecule has 0 fully saturated rings. The van der Waals surface area contributed by atoms with Crippen molar-refractivity contribution in [1.82, 2.24) is 14.8 Å². The molecule has 1 N–H and O–H groups in total. The van der Waals surface area contributed by atoms with Gasteiger partial charge < -0.3 is 5.11 Å². The number of aromatic nitrogens is 3. The van der Waals surface area contributed by atoms with Gasteiger partial charge in [0.1, 0.15) is 0 Å². The van der Waals surface area contributed by atoms with Gasteiger partial charge in [-0.15, -0.1) is 0 Å². The Morgan fingerprint density at radius 2 is 2.06 bits per heavy atom. The number of carboxylic acids is 1. The summed E-state index contributed by atoms with van der Waals surface area (Å²) >= 11 is 0. The summed E-state index contributed by atoms with van der Waals surface area (Å²) in [4.78, 5) is 15.2. The van der Waals surface area contributed by atoms with Crippen LogP contribution in [0.4, 0.5) is 0 Å². The Labute approximate surface area is 102 Å². The first-order valence-electron chi connectivity index (χ1n) is 5.39. The molecule has 2 aromatic heterocycles. The molecule has 1 aromatic carbocycles. The summed E-state index contributed by atoms with van der Waals surface area (Å²) < 4.78 is 1.56. The van der Waals surface area contributed by atoms with Crippen LogP contribution in [-0.2, 0) is 0 Å². The predicted octanol–water partition coefficient (Wildman–Crippen LogP) is 2.12. The van der Waals surface area contributed by atoms with E-state index in [4.69, 9.17) is 5.11 Å². The van der Waals surface area contributed by atoms with Crippen LogP contribution in [0, 0.1) is 0 Å². The number of rotatable bonds is 2. The maximum absolute atomic E-state index is 11.1. The summed E-state index contributed by atoms with van der Waals surface area (Å²) in [5, 5.41) is 14.9. The molecule has 0 radical (unpaired) electrons. The lowest BCUT2D eigenvalue weighted by Crippen LogP contribution is -2.06. The Kier molecular flexibility index (Phi) is 2.30. The van der Waals surface area contributed by atoms with Crippen molar-refractivity contribution in [3.8, 4) is 5.82 Å². The van der Waals surface area contributed by atoms with E-state index in [-0.39, 0.29) is 5.69 Å². The zero-order valence-electron chi connectivity index (χ0n) is 9.32. The van der Waals surface area contributed by atoms with Crippen LogP contribution in [0.15, 0.2) is 48.8 Å². The number of benzene rings is 1. The van der Waals surface area contributed by atoms with Crippen LogP contribution < -0.4 is 0 Å². The van der Waals surface area contributed by atoms with Gasteiger partial charge in [0.15, 0.2) is 11.5 Å². The van der Waals surface area contributed by atoms with Gasteiger partial charge in [0.05, 0.1) is 0 Å². The number of carboxylic acid groups (broad SMARTS) is 1. The molecule has 0 unspecified atom stereocenters. The maximum atomic E-state index is 11.1. The normalized spacial score (nSPS) is 10.7. The van der Waals surface area contributed by atoms with Crippen molar-refractivity contribution in [2.24, 2.45) is 0 Å². The lowest BCUT2D eigenvalue weighted by atomic mass is 10.1. The van der Waals surface area contributed by atoms with Gasteiger partial charge in [-0.2, -0.15) is 5.10 Å². The summed E-state index contributed by atoms with van der Waals surface area (Å²) in [7, 11) is 0. The number of fused-ring (bicyclic) bond motifs is 1. The Balaban J connectivity index is 2.37. The Bertz CT molecular complexity index is 720. The number of aromatic carboxylic acids is 1. The first kappa shape index (κ1) is 10.5. The Morgan fingerprint density at radius 3 is 2.78 bits per heavy atom. The minimum absolute atomic E-state index is 0.0131. The van der Waals surface area contributed by atoms with Crippen molar-refractivity contribution in [3.05, 3.63) is 54.5 Å². The molecule has 0 saturated carbocycles. The molecular formula is C13H9N3O2. The molecule has 0 aliphatic heterocycles. The van der Waals surface area contributed by atoms with Crippen LogP contribution in [-0.4, -0.2) is 25.8 Å². The second-order valence-electron chi connectivity index (χ2n) is 3.81. The molecule has 2 heterocycles. The standard InChI is InChI=1S/C13H9N3O2/c17-13(18)11-8-9-4-1-2-5-10(9)12(15-11)16-7-3-6-14-16/h1-8H,(H,17,18). The third-order valence-electron chi connectivity index (χ3n) is 2.66. The zero-order valence-corrected chi connectivity index (χ0v) is 9.32. The van der Waals surface area contributed by atoms with E-state index in [2.05, 4.69) is 10.1 Å². The molecular weight excluding hydrogens is 230 g/mol. The van der Waals surface area contributed by atoms with Crippen LogP contribution >= 0.6 is 0 Å². The van der Waals surface area contributed by atoms with Crippen molar-refractivity contribution in [3.63, 3.8) is 0 Å². The largest absolute Gasteiger partial charge is 0.477 e. The highest BCUT2D eigenvalue weighted by Crippen LogP contribution is 2.21. The Morgan fingerprint density at radius 1 is 1.22 bits per heavy atom. The highest BCUT2D eigenvalue weighted by molar-refractivity contribution is 5.95. The molecule has 0 spiro atoms. The monoisotopic (exact) mass is 239 g/mol. The van der Waals surface area contributed by atoms with E-state index in [9.17, 15) is 4.79 Å². The number of nitrogens with zero attached hydrogens (tertiary/aromatic N) is 3. The molecule has 0 aliphatic rings. The summed E-state index contributed by atoms with van der Waals surface area (Å²) in [5.74, 6) is -0.523. The molecule has 3 rings (SSSR count). The van der Waals surface area contributed by atoms with Crippen molar-refractivity contribution >= 4 is 16.7 Å². The zero-order chi connectivity index (χ0) is 12.5. The first-order valence-corrected chi connectivity index (χ1v) is 5.39. The number of carbonyl (C=O) groups is 1. The number of hydrogen-bond acceptors (Lipinski definition) is 3. The minimum atomic E-state index is -1.05. The van der Waals surface area contributed by atoms with E-state index in [1.807, 2.05) is 24.3 Å². The highest BCUT2D eigenvalue weighted by Gasteiger charge is 2.11. The molecule has 0 saturated heterocycles. The molecule has 18 heavy (non-hydrogen) atoms. The maximum Gasteiger partial charge on any atom is 0.354 e. The van der Waals surface area contributed by atoms with Gasteiger partial charge in [0, 0.05) is 17.8 Å². The molecule has 0 aliphatic carbocycles. The molecule has 3 aromatic rings. The van der Waals surface area contributed by atoms with Gasteiger partial charge in [-0.25, -0.2) is 14.5 Å². The van der Waals surface area contributed by atoms with E-state index in [1.54, 1.807) is 29.2 Å². The van der Waals surface area contributed by atoms with Crippen molar-refractivity contribution < 1.29 is 9.90 Å². The van der Waals surface area contributed by atoms with Gasteiger partial charge in [0.25, 0.3) is 0 Å². The predicted molar refractivity (Wildman–Crippen MR) is 65.8 cm³/mol. The molecule has 88 valence electrons. The molecule has 5 nitrogen and oxygen atoms in total. The lowest BCUT2D eigenvalue weighted by molar-refractivity contribution is 0.0690. The second kappa shape index (κ2) is 3.96. The van der Waals surface area contributed by atoms with Gasteiger partial charge in [0.2, 0.25) is 0 Å². The third-order valence-corrected chi connectivity index (χ3v) is 2.66. The fourth-order valence-corrected chi connectivity index (χ4v) is 1.86. The fourth-order valence-electron chi connectivity index (χ4n) is 1.86. The van der Waals surface area contributed by atoms with E-state index in [1.165, 1.54) is 0 Å². The summed E-state index contributed by atoms with van der Waals surface area (Å²) in [6.07, 6.45) is 3.37. The van der Waals surface area contributed by atoms with Crippen LogP contribution in [0.1, 0.15) is 10.5 Å². The lowest BCUT2D eigenvalue weighted by Gasteiger charge is -2.07. The van der Waals surface area contributed by atoms with Gasteiger partial charge >= 0.3 is 5.97 Å². The van der Waals surface area contributed by atoms with E-state index < -0.39 is 5.97 Å². The van der Waals surface area contributed by atoms with Gasteiger partial charge in [-0.1, -0.05) is 24.3 Å². The third kappa shape index (κ3) is 1.62. The second-order valence-corrected chi connectivity index (χ2v) is 3.81. The Hall–Kier alpha value is -2.69. The van der Waals surface area contributed by atoms with Gasteiger partial charge in [-0.05, 0) is 17.5 Å². The van der Waals surface area contributed by atoms with Crippen molar-refractivity contribution in [1.29, 1.82) is 0 Å². The smallest absolute Gasteiger partial charge is 0.354 e. The first-order chi connectivity index (χ1) is 8.75. The summed E-state index contributed by atoms with van der Waals surface area (Å²) in [6, 6.07) is 10.8. The fraction of sp³-hybridized carbons (Fsp3) is 0. The average molecular weight is 239 g/mol. The number of hydrogen-bond donors (Lipinski definition) is 1. The van der Waals surface area contributed by atoms with Crippen molar-refractivity contribution in [2.45, 2.75) is 0 Å². The summed E-state index contributed by atoms with van der Waals surface area (Å²) in [5.41, 5.74) is 0.0131. The summed E-state index contributed by atoms with van der Waals surface area (Å²) in [6.45, 7) is 0. The SMILES string of the molecule is O=C(O)c1cc2ccccc2c(-n2cccn2)n1. The van der Waals surface area contributed by atoms with Crippen molar-refractivity contribution in [2.75, 3.05) is 0 Å². The van der Waals surface area contributed by atoms with Crippen LogP contribution in [0.2, 0.25) is 0 Å². The van der Waals surface area contributed by atoms with E-state index >= 15 is 0 Å². The van der Waals surface area contributed by atoms with Crippen LogP contribution in [0.5, 0.6) is 0 Å². The average Bonchev–Trinajstić information content (AvgIpc) is 2.91. The molecule has 0 amide bonds. The highest BCUT2D eigenvalue weighted by atomic mass is 16.4. The van der Waals surface area contributed by atoms with Crippen LogP contribution in [0.3, 0.4) is 0 Å².